The molecule has 2 heterocycles. The molecule has 0 radical (unpaired) electrons. The van der Waals surface area contributed by atoms with Crippen molar-refractivity contribution in [1.29, 1.82) is 0 Å². The summed E-state index contributed by atoms with van der Waals surface area (Å²) < 4.78 is 12.9. The monoisotopic (exact) mass is 441 g/mol. The minimum atomic E-state index is -0.0935. The van der Waals surface area contributed by atoms with Crippen molar-refractivity contribution in [3.05, 3.63) is 65.3 Å². The smallest absolute Gasteiger partial charge is 0.239 e. The van der Waals surface area contributed by atoms with Gasteiger partial charge in [0.2, 0.25) is 5.89 Å². The van der Waals surface area contributed by atoms with Crippen LogP contribution in [0, 0.1) is 6.92 Å². The van der Waals surface area contributed by atoms with Gasteiger partial charge in [0.05, 0.1) is 11.9 Å². The van der Waals surface area contributed by atoms with Crippen molar-refractivity contribution in [3.8, 4) is 22.8 Å². The molecule has 0 unspecified atom stereocenters. The van der Waals surface area contributed by atoms with Gasteiger partial charge in [-0.25, -0.2) is 0 Å². The predicted molar refractivity (Wildman–Crippen MR) is 116 cm³/mol. The Morgan fingerprint density at radius 2 is 1.97 bits per heavy atom. The van der Waals surface area contributed by atoms with Crippen molar-refractivity contribution in [2.24, 2.45) is 0 Å². The standard InChI is InChI=1S/C21H20ClN5O2S/c1-4-28-18-10-8-17(9-11-18)27-19(15-6-5-7-16(22)12-15)24-25-21(27)30-13(2)20-23-14(3)26-29-20/h5-13H,4H2,1-3H3/t13-/m0/s1. The predicted octanol–water partition coefficient (Wildman–Crippen LogP) is 5.53. The maximum atomic E-state index is 6.22. The Kier molecular flexibility index (Phi) is 6.06. The summed E-state index contributed by atoms with van der Waals surface area (Å²) in [6.07, 6.45) is 0. The first kappa shape index (κ1) is 20.4. The average Bonchev–Trinajstić information content (AvgIpc) is 3.35. The van der Waals surface area contributed by atoms with Gasteiger partial charge < -0.3 is 9.26 Å². The number of hydrogen-bond donors (Lipinski definition) is 0. The van der Waals surface area contributed by atoms with Crippen molar-refractivity contribution in [3.63, 3.8) is 0 Å². The highest BCUT2D eigenvalue weighted by Crippen LogP contribution is 2.36. The Morgan fingerprint density at radius 1 is 1.17 bits per heavy atom. The molecule has 7 nitrogen and oxygen atoms in total. The maximum Gasteiger partial charge on any atom is 0.239 e. The molecule has 0 aliphatic rings. The van der Waals surface area contributed by atoms with E-state index in [9.17, 15) is 0 Å². The lowest BCUT2D eigenvalue weighted by molar-refractivity contribution is 0.340. The Bertz CT molecular complexity index is 1140. The molecule has 9 heteroatoms. The van der Waals surface area contributed by atoms with Crippen LogP contribution in [0.3, 0.4) is 0 Å². The molecular formula is C21H20ClN5O2S. The summed E-state index contributed by atoms with van der Waals surface area (Å²) in [7, 11) is 0. The van der Waals surface area contributed by atoms with Crippen LogP contribution in [0.1, 0.15) is 30.8 Å². The van der Waals surface area contributed by atoms with E-state index in [4.69, 9.17) is 20.9 Å². The van der Waals surface area contributed by atoms with Crippen LogP contribution in [-0.2, 0) is 0 Å². The van der Waals surface area contributed by atoms with Crippen molar-refractivity contribution in [2.45, 2.75) is 31.2 Å². The van der Waals surface area contributed by atoms with Crippen LogP contribution in [0.15, 0.2) is 58.2 Å². The lowest BCUT2D eigenvalue weighted by atomic mass is 10.2. The SMILES string of the molecule is CCOc1ccc(-n2c(S[C@@H](C)c3nc(C)no3)nnc2-c2cccc(Cl)c2)cc1. The topological polar surface area (TPSA) is 78.9 Å². The molecule has 154 valence electrons. The van der Waals surface area contributed by atoms with Crippen LogP contribution in [-0.4, -0.2) is 31.5 Å². The number of nitrogens with zero attached hydrogens (tertiary/aromatic N) is 5. The van der Waals surface area contributed by atoms with Gasteiger partial charge in [-0.15, -0.1) is 10.2 Å². The third kappa shape index (κ3) is 4.34. The second-order valence-electron chi connectivity index (χ2n) is 6.52. The lowest BCUT2D eigenvalue weighted by Crippen LogP contribution is -2.01. The van der Waals surface area contributed by atoms with E-state index < -0.39 is 0 Å². The van der Waals surface area contributed by atoms with Gasteiger partial charge in [0.1, 0.15) is 5.75 Å². The number of aryl methyl sites for hydroxylation is 1. The molecule has 0 fully saturated rings. The summed E-state index contributed by atoms with van der Waals surface area (Å²) in [6.45, 7) is 6.36. The maximum absolute atomic E-state index is 6.22. The van der Waals surface area contributed by atoms with Gasteiger partial charge in [-0.3, -0.25) is 4.57 Å². The number of thioether (sulfide) groups is 1. The van der Waals surface area contributed by atoms with Crippen LogP contribution in [0.5, 0.6) is 5.75 Å². The molecule has 0 bridgehead atoms. The van der Waals surface area contributed by atoms with E-state index in [0.717, 1.165) is 17.0 Å². The first-order valence-corrected chi connectivity index (χ1v) is 10.7. The highest BCUT2D eigenvalue weighted by Gasteiger charge is 2.22. The van der Waals surface area contributed by atoms with E-state index in [-0.39, 0.29) is 5.25 Å². The molecule has 2 aromatic heterocycles. The van der Waals surface area contributed by atoms with Crippen LogP contribution in [0.2, 0.25) is 5.02 Å². The Balaban J connectivity index is 1.76. The van der Waals surface area contributed by atoms with Gasteiger partial charge >= 0.3 is 0 Å². The fourth-order valence-corrected chi connectivity index (χ4v) is 4.03. The van der Waals surface area contributed by atoms with Crippen molar-refractivity contribution in [2.75, 3.05) is 6.61 Å². The van der Waals surface area contributed by atoms with E-state index in [0.29, 0.717) is 34.3 Å². The molecule has 0 saturated carbocycles. The number of hydrogen-bond acceptors (Lipinski definition) is 7. The number of benzene rings is 2. The van der Waals surface area contributed by atoms with Gasteiger partial charge in [-0.2, -0.15) is 4.98 Å². The Morgan fingerprint density at radius 3 is 2.63 bits per heavy atom. The number of ether oxygens (including phenoxy) is 1. The molecule has 0 N–H and O–H groups in total. The molecule has 0 aliphatic carbocycles. The van der Waals surface area contributed by atoms with Gasteiger partial charge in [-0.1, -0.05) is 40.7 Å². The molecule has 1 atom stereocenters. The Hall–Kier alpha value is -2.84. The average molecular weight is 442 g/mol. The summed E-state index contributed by atoms with van der Waals surface area (Å²) in [5.74, 6) is 2.65. The fourth-order valence-electron chi connectivity index (χ4n) is 2.94. The van der Waals surface area contributed by atoms with Crippen molar-refractivity contribution >= 4 is 23.4 Å². The molecule has 4 aromatic rings. The van der Waals surface area contributed by atoms with E-state index in [2.05, 4.69) is 20.3 Å². The third-order valence-corrected chi connectivity index (χ3v) is 5.56. The number of rotatable bonds is 7. The van der Waals surface area contributed by atoms with Gasteiger partial charge in [0.15, 0.2) is 16.8 Å². The first-order chi connectivity index (χ1) is 14.5. The molecule has 0 aliphatic heterocycles. The van der Waals surface area contributed by atoms with Crippen LogP contribution in [0.4, 0.5) is 0 Å². The van der Waals surface area contributed by atoms with Crippen molar-refractivity contribution in [1.82, 2.24) is 24.9 Å². The largest absolute Gasteiger partial charge is 0.494 e. The summed E-state index contributed by atoms with van der Waals surface area (Å²) in [5, 5.41) is 14.0. The van der Waals surface area contributed by atoms with Crippen LogP contribution < -0.4 is 4.74 Å². The van der Waals surface area contributed by atoms with Gasteiger partial charge in [0.25, 0.3) is 0 Å². The second kappa shape index (κ2) is 8.89. The van der Waals surface area contributed by atoms with Crippen molar-refractivity contribution < 1.29 is 9.26 Å². The number of halogens is 1. The quantitative estimate of drug-likeness (QED) is 0.349. The highest BCUT2D eigenvalue weighted by atomic mass is 35.5. The summed E-state index contributed by atoms with van der Waals surface area (Å²) >= 11 is 7.71. The minimum absolute atomic E-state index is 0.0935. The van der Waals surface area contributed by atoms with E-state index in [1.54, 1.807) is 6.92 Å². The zero-order chi connectivity index (χ0) is 21.1. The Labute approximate surface area is 183 Å². The van der Waals surface area contributed by atoms with Gasteiger partial charge in [0, 0.05) is 16.3 Å². The van der Waals surface area contributed by atoms with Crippen LogP contribution in [0.25, 0.3) is 17.1 Å². The summed E-state index contributed by atoms with van der Waals surface area (Å²) in [5.41, 5.74) is 1.78. The number of aromatic nitrogens is 5. The minimum Gasteiger partial charge on any atom is -0.494 e. The molecule has 0 amide bonds. The van der Waals surface area contributed by atoms with Gasteiger partial charge in [-0.05, 0) is 57.2 Å². The third-order valence-electron chi connectivity index (χ3n) is 4.30. The second-order valence-corrected chi connectivity index (χ2v) is 8.26. The summed E-state index contributed by atoms with van der Waals surface area (Å²) in [6, 6.07) is 15.4. The molecular weight excluding hydrogens is 422 g/mol. The fraction of sp³-hybridized carbons (Fsp3) is 0.238. The zero-order valence-corrected chi connectivity index (χ0v) is 18.3. The first-order valence-electron chi connectivity index (χ1n) is 9.46. The normalized spacial score (nSPS) is 12.1. The van der Waals surface area contributed by atoms with E-state index in [1.807, 2.05) is 66.9 Å². The molecule has 0 saturated heterocycles. The highest BCUT2D eigenvalue weighted by molar-refractivity contribution is 7.99. The molecule has 2 aromatic carbocycles. The molecule has 4 rings (SSSR count). The lowest BCUT2D eigenvalue weighted by Gasteiger charge is -2.13. The summed E-state index contributed by atoms with van der Waals surface area (Å²) in [4.78, 5) is 4.33. The van der Waals surface area contributed by atoms with E-state index >= 15 is 0 Å². The van der Waals surface area contributed by atoms with E-state index in [1.165, 1.54) is 11.8 Å². The molecule has 30 heavy (non-hydrogen) atoms. The zero-order valence-electron chi connectivity index (χ0n) is 16.7. The van der Waals surface area contributed by atoms with Crippen LogP contribution >= 0.6 is 23.4 Å². The molecule has 0 spiro atoms.